The highest BCUT2D eigenvalue weighted by molar-refractivity contribution is 5.61. The van der Waals surface area contributed by atoms with Gasteiger partial charge < -0.3 is 5.32 Å². The normalized spacial score (nSPS) is 10.3. The second kappa shape index (κ2) is 4.87. The molecule has 0 aliphatic carbocycles. The lowest BCUT2D eigenvalue weighted by atomic mass is 10.2. The van der Waals surface area contributed by atoms with Gasteiger partial charge in [0.15, 0.2) is 0 Å². The lowest BCUT2D eigenvalue weighted by Gasteiger charge is -2.07. The molecule has 0 saturated heterocycles. The first-order valence-corrected chi connectivity index (χ1v) is 5.57. The third kappa shape index (κ3) is 2.32. The Morgan fingerprint density at radius 2 is 2.11 bits per heavy atom. The molecule has 1 heterocycles. The molecule has 0 fully saturated rings. The van der Waals surface area contributed by atoms with Crippen molar-refractivity contribution in [3.63, 3.8) is 0 Å². The van der Waals surface area contributed by atoms with E-state index in [1.54, 1.807) is 18.2 Å². The maximum atomic E-state index is 10.9. The number of aromatic amines is 1. The summed E-state index contributed by atoms with van der Waals surface area (Å²) in [7, 11) is 0. The van der Waals surface area contributed by atoms with Crippen molar-refractivity contribution in [1.82, 2.24) is 10.2 Å². The Kier molecular flexibility index (Phi) is 3.27. The summed E-state index contributed by atoms with van der Waals surface area (Å²) in [5.41, 5.74) is 3.50. The van der Waals surface area contributed by atoms with E-state index in [2.05, 4.69) is 15.5 Å². The topological polar surface area (TPSA) is 83.8 Å². The average Bonchev–Trinajstić information content (AvgIpc) is 2.67. The van der Waals surface area contributed by atoms with E-state index in [-0.39, 0.29) is 5.69 Å². The minimum Gasteiger partial charge on any atom is -0.375 e. The second-order valence-corrected chi connectivity index (χ2v) is 4.04. The highest BCUT2D eigenvalue weighted by Gasteiger charge is 2.13. The molecule has 0 aliphatic heterocycles. The predicted octanol–water partition coefficient (Wildman–Crippen LogP) is 2.55. The highest BCUT2D eigenvalue weighted by atomic mass is 16.6. The SMILES string of the molecule is Cc1n[nH]c(C)c1CNc1ccccc1[N+](=O)[O-]. The first kappa shape index (κ1) is 12.1. The third-order valence-corrected chi connectivity index (χ3v) is 2.84. The van der Waals surface area contributed by atoms with Crippen molar-refractivity contribution in [1.29, 1.82) is 0 Å². The molecule has 0 amide bonds. The molecule has 0 saturated carbocycles. The quantitative estimate of drug-likeness (QED) is 0.641. The number of anilines is 1. The van der Waals surface area contributed by atoms with E-state index >= 15 is 0 Å². The Morgan fingerprint density at radius 3 is 2.72 bits per heavy atom. The number of nitrogens with one attached hydrogen (secondary N) is 2. The molecule has 94 valence electrons. The molecular formula is C12H14N4O2. The molecule has 1 aromatic heterocycles. The maximum absolute atomic E-state index is 10.9. The smallest absolute Gasteiger partial charge is 0.292 e. The van der Waals surface area contributed by atoms with Crippen LogP contribution in [-0.4, -0.2) is 15.1 Å². The summed E-state index contributed by atoms with van der Waals surface area (Å²) in [5.74, 6) is 0. The van der Waals surface area contributed by atoms with Crippen LogP contribution >= 0.6 is 0 Å². The van der Waals surface area contributed by atoms with Crippen LogP contribution in [0.25, 0.3) is 0 Å². The number of aryl methyl sites for hydroxylation is 2. The highest BCUT2D eigenvalue weighted by Crippen LogP contribution is 2.24. The molecule has 0 unspecified atom stereocenters. The molecule has 1 aromatic carbocycles. The first-order chi connectivity index (χ1) is 8.59. The fourth-order valence-corrected chi connectivity index (χ4v) is 1.80. The van der Waals surface area contributed by atoms with E-state index in [9.17, 15) is 10.1 Å². The monoisotopic (exact) mass is 246 g/mol. The molecule has 0 bridgehead atoms. The molecule has 2 rings (SSSR count). The van der Waals surface area contributed by atoms with E-state index in [0.29, 0.717) is 12.2 Å². The number of aromatic nitrogens is 2. The van der Waals surface area contributed by atoms with Crippen molar-refractivity contribution >= 4 is 11.4 Å². The van der Waals surface area contributed by atoms with Gasteiger partial charge in [0.25, 0.3) is 5.69 Å². The molecule has 6 heteroatoms. The van der Waals surface area contributed by atoms with Gasteiger partial charge in [-0.2, -0.15) is 5.10 Å². The third-order valence-electron chi connectivity index (χ3n) is 2.84. The number of nitro groups is 1. The van der Waals surface area contributed by atoms with Gasteiger partial charge >= 0.3 is 0 Å². The summed E-state index contributed by atoms with van der Waals surface area (Å²) in [6, 6.07) is 6.60. The molecule has 2 N–H and O–H groups in total. The van der Waals surface area contributed by atoms with E-state index in [1.807, 2.05) is 13.8 Å². The van der Waals surface area contributed by atoms with Gasteiger partial charge in [0, 0.05) is 23.9 Å². The number of nitrogens with zero attached hydrogens (tertiary/aromatic N) is 2. The molecule has 18 heavy (non-hydrogen) atoms. The number of rotatable bonds is 4. The van der Waals surface area contributed by atoms with Gasteiger partial charge in [-0.3, -0.25) is 15.2 Å². The van der Waals surface area contributed by atoms with Crippen molar-refractivity contribution in [3.05, 3.63) is 51.3 Å². The van der Waals surface area contributed by atoms with E-state index < -0.39 is 4.92 Å². The largest absolute Gasteiger partial charge is 0.375 e. The number of nitro benzene ring substituents is 1. The van der Waals surface area contributed by atoms with E-state index in [1.165, 1.54) is 6.07 Å². The van der Waals surface area contributed by atoms with Crippen LogP contribution in [0, 0.1) is 24.0 Å². The Labute approximate surface area is 104 Å². The summed E-state index contributed by atoms with van der Waals surface area (Å²) >= 11 is 0. The standard InChI is InChI=1S/C12H14N4O2/c1-8-10(9(2)15-14-8)7-13-11-5-3-4-6-12(11)16(17)18/h3-6,13H,7H2,1-2H3,(H,14,15). The number of benzene rings is 1. The lowest BCUT2D eigenvalue weighted by Crippen LogP contribution is -2.03. The average molecular weight is 246 g/mol. The predicted molar refractivity (Wildman–Crippen MR) is 68.5 cm³/mol. The molecule has 2 aromatic rings. The van der Waals surface area contributed by atoms with Crippen LogP contribution < -0.4 is 5.32 Å². The van der Waals surface area contributed by atoms with Crippen LogP contribution in [0.1, 0.15) is 17.0 Å². The van der Waals surface area contributed by atoms with Gasteiger partial charge in [-0.15, -0.1) is 0 Å². The molecule has 6 nitrogen and oxygen atoms in total. The second-order valence-electron chi connectivity index (χ2n) is 4.04. The Balaban J connectivity index is 2.18. The van der Waals surface area contributed by atoms with Crippen LogP contribution in [0.15, 0.2) is 24.3 Å². The zero-order valence-electron chi connectivity index (χ0n) is 10.2. The molecule has 0 spiro atoms. The summed E-state index contributed by atoms with van der Waals surface area (Å²) in [6.45, 7) is 4.34. The van der Waals surface area contributed by atoms with Gasteiger partial charge in [0.05, 0.1) is 10.6 Å². The van der Waals surface area contributed by atoms with Gasteiger partial charge in [-0.1, -0.05) is 12.1 Å². The van der Waals surface area contributed by atoms with Gasteiger partial charge in [0.1, 0.15) is 5.69 Å². The zero-order chi connectivity index (χ0) is 13.1. The first-order valence-electron chi connectivity index (χ1n) is 5.57. The summed E-state index contributed by atoms with van der Waals surface area (Å²) in [6.07, 6.45) is 0. The van der Waals surface area contributed by atoms with Gasteiger partial charge in [-0.25, -0.2) is 0 Å². The number of hydrogen-bond donors (Lipinski definition) is 2. The number of H-pyrrole nitrogens is 1. The number of hydrogen-bond acceptors (Lipinski definition) is 4. The van der Waals surface area contributed by atoms with Crippen molar-refractivity contribution in [2.45, 2.75) is 20.4 Å². The molecule has 0 atom stereocenters. The van der Waals surface area contributed by atoms with E-state index in [0.717, 1.165) is 17.0 Å². The number of para-hydroxylation sites is 2. The lowest BCUT2D eigenvalue weighted by molar-refractivity contribution is -0.384. The van der Waals surface area contributed by atoms with E-state index in [4.69, 9.17) is 0 Å². The maximum Gasteiger partial charge on any atom is 0.292 e. The summed E-state index contributed by atoms with van der Waals surface area (Å²) in [4.78, 5) is 10.5. The fraction of sp³-hybridized carbons (Fsp3) is 0.250. The Bertz CT molecular complexity index is 558. The van der Waals surface area contributed by atoms with Crippen LogP contribution in [-0.2, 0) is 6.54 Å². The summed E-state index contributed by atoms with van der Waals surface area (Å²) in [5, 5.41) is 20.9. The zero-order valence-corrected chi connectivity index (χ0v) is 10.2. The molecule has 0 aliphatic rings. The Morgan fingerprint density at radius 1 is 1.39 bits per heavy atom. The molecular weight excluding hydrogens is 232 g/mol. The van der Waals surface area contributed by atoms with Crippen molar-refractivity contribution in [2.75, 3.05) is 5.32 Å². The minimum absolute atomic E-state index is 0.0799. The van der Waals surface area contributed by atoms with Crippen molar-refractivity contribution in [3.8, 4) is 0 Å². The van der Waals surface area contributed by atoms with Crippen molar-refractivity contribution in [2.24, 2.45) is 0 Å². The van der Waals surface area contributed by atoms with Crippen LogP contribution in [0.2, 0.25) is 0 Å². The Hall–Kier alpha value is -2.37. The molecule has 0 radical (unpaired) electrons. The van der Waals surface area contributed by atoms with Crippen LogP contribution in [0.3, 0.4) is 0 Å². The van der Waals surface area contributed by atoms with Gasteiger partial charge in [0.2, 0.25) is 0 Å². The minimum atomic E-state index is -0.391. The fourth-order valence-electron chi connectivity index (χ4n) is 1.80. The van der Waals surface area contributed by atoms with Crippen molar-refractivity contribution < 1.29 is 4.92 Å². The van der Waals surface area contributed by atoms with Gasteiger partial charge in [-0.05, 0) is 19.9 Å². The van der Waals surface area contributed by atoms with Crippen LogP contribution in [0.4, 0.5) is 11.4 Å². The summed E-state index contributed by atoms with van der Waals surface area (Å²) < 4.78 is 0. The van der Waals surface area contributed by atoms with Crippen LogP contribution in [0.5, 0.6) is 0 Å².